The van der Waals surface area contributed by atoms with Gasteiger partial charge in [-0.05, 0) is 51.1 Å². The molecule has 0 amide bonds. The van der Waals surface area contributed by atoms with E-state index in [1.807, 2.05) is 24.3 Å². The smallest absolute Gasteiger partial charge is 0.172 e. The number of aromatic hydroxyl groups is 1. The summed E-state index contributed by atoms with van der Waals surface area (Å²) in [5.74, 6) is 0.546. The van der Waals surface area contributed by atoms with Gasteiger partial charge in [0, 0.05) is 16.8 Å². The van der Waals surface area contributed by atoms with Crippen LogP contribution in [0.15, 0.2) is 53.0 Å². The molecule has 23 heavy (non-hydrogen) atoms. The SMILES string of the molecule is COc1cc(C2Nc3cccc4cccc(c34)N2)cc(Br)c1O. The Morgan fingerprint density at radius 2 is 1.70 bits per heavy atom. The van der Waals surface area contributed by atoms with Gasteiger partial charge in [0.25, 0.3) is 0 Å². The summed E-state index contributed by atoms with van der Waals surface area (Å²) >= 11 is 3.38. The number of hydrogen-bond donors (Lipinski definition) is 3. The molecule has 1 aliphatic rings. The highest BCUT2D eigenvalue weighted by Crippen LogP contribution is 2.41. The van der Waals surface area contributed by atoms with Crippen molar-refractivity contribution in [3.63, 3.8) is 0 Å². The van der Waals surface area contributed by atoms with Gasteiger partial charge in [-0.2, -0.15) is 0 Å². The number of hydrogen-bond acceptors (Lipinski definition) is 4. The third-order valence-corrected chi connectivity index (χ3v) is 4.71. The minimum Gasteiger partial charge on any atom is -0.503 e. The van der Waals surface area contributed by atoms with E-state index in [1.54, 1.807) is 7.11 Å². The van der Waals surface area contributed by atoms with Crippen molar-refractivity contribution in [3.05, 3.63) is 58.6 Å². The number of phenols is 1. The number of nitrogens with one attached hydrogen (secondary N) is 2. The van der Waals surface area contributed by atoms with Gasteiger partial charge in [0.05, 0.1) is 11.6 Å². The number of ether oxygens (including phenoxy) is 1. The van der Waals surface area contributed by atoms with Crippen LogP contribution in [0.2, 0.25) is 0 Å². The summed E-state index contributed by atoms with van der Waals surface area (Å²) in [6, 6.07) is 16.2. The third-order valence-electron chi connectivity index (χ3n) is 4.11. The number of benzene rings is 3. The zero-order valence-corrected chi connectivity index (χ0v) is 14.0. The van der Waals surface area contributed by atoms with Crippen LogP contribution in [0.1, 0.15) is 11.7 Å². The van der Waals surface area contributed by atoms with Crippen molar-refractivity contribution in [3.8, 4) is 11.5 Å². The van der Waals surface area contributed by atoms with Gasteiger partial charge in [-0.3, -0.25) is 0 Å². The molecule has 116 valence electrons. The summed E-state index contributed by atoms with van der Waals surface area (Å²) in [6.07, 6.45) is -0.110. The maximum absolute atomic E-state index is 9.99. The van der Waals surface area contributed by atoms with Gasteiger partial charge in [-0.25, -0.2) is 0 Å². The molecule has 1 heterocycles. The van der Waals surface area contributed by atoms with Crippen LogP contribution < -0.4 is 15.4 Å². The number of rotatable bonds is 2. The standard InChI is InChI=1S/C18H15BrN2O2/c1-23-15-9-11(8-12(19)17(15)22)18-20-13-6-2-4-10-5-3-7-14(21-18)16(10)13/h2-9,18,20-22H,1H3. The summed E-state index contributed by atoms with van der Waals surface area (Å²) in [4.78, 5) is 0. The van der Waals surface area contributed by atoms with E-state index in [1.165, 1.54) is 10.8 Å². The van der Waals surface area contributed by atoms with E-state index in [0.717, 1.165) is 16.9 Å². The number of phenolic OH excluding ortho intramolecular Hbond substituents is 1. The zero-order chi connectivity index (χ0) is 16.0. The van der Waals surface area contributed by atoms with Gasteiger partial charge in [-0.1, -0.05) is 24.3 Å². The quantitative estimate of drug-likeness (QED) is 0.603. The molecule has 3 aromatic carbocycles. The summed E-state index contributed by atoms with van der Waals surface area (Å²) < 4.78 is 5.85. The zero-order valence-electron chi connectivity index (χ0n) is 12.4. The highest BCUT2D eigenvalue weighted by atomic mass is 79.9. The molecule has 4 nitrogen and oxygen atoms in total. The third kappa shape index (κ3) is 2.28. The van der Waals surface area contributed by atoms with E-state index in [9.17, 15) is 5.11 Å². The fourth-order valence-electron chi connectivity index (χ4n) is 3.01. The molecule has 5 heteroatoms. The molecule has 0 bridgehead atoms. The minimum absolute atomic E-state index is 0.106. The van der Waals surface area contributed by atoms with Crippen LogP contribution in [-0.2, 0) is 0 Å². The molecule has 3 aromatic rings. The first-order valence-corrected chi connectivity index (χ1v) is 8.08. The second-order valence-electron chi connectivity index (χ2n) is 5.48. The Kier molecular flexibility index (Phi) is 3.31. The first-order chi connectivity index (χ1) is 11.2. The lowest BCUT2D eigenvalue weighted by Gasteiger charge is -2.30. The average molecular weight is 371 g/mol. The van der Waals surface area contributed by atoms with Gasteiger partial charge >= 0.3 is 0 Å². The lowest BCUT2D eigenvalue weighted by Crippen LogP contribution is -2.23. The normalized spacial score (nSPS) is 13.5. The van der Waals surface area contributed by atoms with Gasteiger partial charge in [0.1, 0.15) is 6.17 Å². The Balaban J connectivity index is 1.80. The number of halogens is 1. The first kappa shape index (κ1) is 14.2. The Hall–Kier alpha value is -2.40. The monoisotopic (exact) mass is 370 g/mol. The molecule has 0 radical (unpaired) electrons. The van der Waals surface area contributed by atoms with Gasteiger partial charge in [-0.15, -0.1) is 0 Å². The Labute approximate surface area is 142 Å². The molecular weight excluding hydrogens is 356 g/mol. The molecule has 0 aromatic heterocycles. The number of methoxy groups -OCH3 is 1. The lowest BCUT2D eigenvalue weighted by molar-refractivity contribution is 0.371. The van der Waals surface area contributed by atoms with Crippen LogP contribution in [0.25, 0.3) is 10.8 Å². The van der Waals surface area contributed by atoms with E-state index in [0.29, 0.717) is 10.2 Å². The lowest BCUT2D eigenvalue weighted by atomic mass is 10.0. The molecule has 0 atom stereocenters. The van der Waals surface area contributed by atoms with Crippen molar-refractivity contribution in [1.29, 1.82) is 0 Å². The maximum atomic E-state index is 9.99. The van der Waals surface area contributed by atoms with Crippen molar-refractivity contribution < 1.29 is 9.84 Å². The molecule has 0 saturated heterocycles. The Morgan fingerprint density at radius 3 is 2.30 bits per heavy atom. The fraction of sp³-hybridized carbons (Fsp3) is 0.111. The predicted molar refractivity (Wildman–Crippen MR) is 96.3 cm³/mol. The van der Waals surface area contributed by atoms with Crippen molar-refractivity contribution in [2.45, 2.75) is 6.17 Å². The van der Waals surface area contributed by atoms with Crippen LogP contribution in [0.4, 0.5) is 11.4 Å². The summed E-state index contributed by atoms with van der Waals surface area (Å²) in [7, 11) is 1.54. The second-order valence-corrected chi connectivity index (χ2v) is 6.34. The summed E-state index contributed by atoms with van der Waals surface area (Å²) in [5, 5.41) is 19.4. The van der Waals surface area contributed by atoms with Crippen molar-refractivity contribution >= 4 is 38.1 Å². The van der Waals surface area contributed by atoms with Gasteiger partial charge in [0.15, 0.2) is 11.5 Å². The molecule has 0 saturated carbocycles. The van der Waals surface area contributed by atoms with E-state index in [4.69, 9.17) is 4.74 Å². The van der Waals surface area contributed by atoms with E-state index < -0.39 is 0 Å². The van der Waals surface area contributed by atoms with Crippen LogP contribution in [0.3, 0.4) is 0 Å². The molecule has 0 aliphatic carbocycles. The molecule has 0 fully saturated rings. The molecule has 0 spiro atoms. The summed E-state index contributed by atoms with van der Waals surface area (Å²) in [6.45, 7) is 0. The van der Waals surface area contributed by atoms with Crippen molar-refractivity contribution in [2.24, 2.45) is 0 Å². The molecule has 1 aliphatic heterocycles. The van der Waals surface area contributed by atoms with Crippen LogP contribution >= 0.6 is 15.9 Å². The van der Waals surface area contributed by atoms with Crippen molar-refractivity contribution in [1.82, 2.24) is 0 Å². The van der Waals surface area contributed by atoms with Crippen LogP contribution in [-0.4, -0.2) is 12.2 Å². The van der Waals surface area contributed by atoms with Crippen molar-refractivity contribution in [2.75, 3.05) is 17.7 Å². The van der Waals surface area contributed by atoms with Crippen LogP contribution in [0.5, 0.6) is 11.5 Å². The van der Waals surface area contributed by atoms with E-state index in [-0.39, 0.29) is 11.9 Å². The maximum Gasteiger partial charge on any atom is 0.172 e. The Morgan fingerprint density at radius 1 is 1.04 bits per heavy atom. The highest BCUT2D eigenvalue weighted by Gasteiger charge is 2.22. The second kappa shape index (κ2) is 5.35. The van der Waals surface area contributed by atoms with Gasteiger partial charge < -0.3 is 20.5 Å². The van der Waals surface area contributed by atoms with Gasteiger partial charge in [0.2, 0.25) is 0 Å². The first-order valence-electron chi connectivity index (χ1n) is 7.28. The van der Waals surface area contributed by atoms with E-state index in [2.05, 4.69) is 50.8 Å². The molecule has 0 unspecified atom stereocenters. The molecule has 3 N–H and O–H groups in total. The van der Waals surface area contributed by atoms with Crippen LogP contribution in [0, 0.1) is 0 Å². The molecule has 4 rings (SSSR count). The average Bonchev–Trinajstić information content (AvgIpc) is 2.57. The Bertz CT molecular complexity index is 870. The minimum atomic E-state index is -0.110. The highest BCUT2D eigenvalue weighted by molar-refractivity contribution is 9.10. The predicted octanol–water partition coefficient (Wildman–Crippen LogP) is 4.85. The summed E-state index contributed by atoms with van der Waals surface area (Å²) in [5.41, 5.74) is 3.15. The topological polar surface area (TPSA) is 53.5 Å². The molecular formula is C18H15BrN2O2. The van der Waals surface area contributed by atoms with E-state index >= 15 is 0 Å². The largest absolute Gasteiger partial charge is 0.503 e. The fourth-order valence-corrected chi connectivity index (χ4v) is 3.47. The number of anilines is 2.